The summed E-state index contributed by atoms with van der Waals surface area (Å²) in [5.74, 6) is -1.65. The van der Waals surface area contributed by atoms with Crippen LogP contribution in [0.5, 0.6) is 0 Å². The minimum Gasteiger partial charge on any atom is -0.508 e. The Labute approximate surface area is 165 Å². The molecule has 0 aliphatic heterocycles. The van der Waals surface area contributed by atoms with Crippen LogP contribution in [-0.4, -0.2) is 40.7 Å². The van der Waals surface area contributed by atoms with Crippen molar-refractivity contribution in [2.24, 2.45) is 0 Å². The number of rotatable bonds is 6. The summed E-state index contributed by atoms with van der Waals surface area (Å²) in [6.07, 6.45) is 0.827. The van der Waals surface area contributed by atoms with Crippen LogP contribution in [0, 0.1) is 6.92 Å². The normalized spacial score (nSPS) is 12.0. The van der Waals surface area contributed by atoms with Gasteiger partial charge in [-0.15, -0.1) is 11.3 Å². The highest BCUT2D eigenvalue weighted by Crippen LogP contribution is 2.24. The molecule has 0 unspecified atom stereocenters. The summed E-state index contributed by atoms with van der Waals surface area (Å²) in [5, 5.41) is 10.4. The van der Waals surface area contributed by atoms with E-state index in [9.17, 15) is 14.7 Å². The molecule has 0 saturated carbocycles. The van der Waals surface area contributed by atoms with Gasteiger partial charge in [0.15, 0.2) is 0 Å². The van der Waals surface area contributed by atoms with E-state index < -0.39 is 24.3 Å². The molecule has 7 nitrogen and oxygen atoms in total. The van der Waals surface area contributed by atoms with E-state index in [1.165, 1.54) is 18.4 Å². The van der Waals surface area contributed by atoms with Gasteiger partial charge in [-0.25, -0.2) is 14.6 Å². The average molecular weight is 400 g/mol. The second-order valence-corrected chi connectivity index (χ2v) is 7.20. The summed E-state index contributed by atoms with van der Waals surface area (Å²) in [5.41, 5.74) is 2.18. The van der Waals surface area contributed by atoms with Gasteiger partial charge in [-0.05, 0) is 37.1 Å². The van der Waals surface area contributed by atoms with Crippen LogP contribution >= 0.6 is 11.3 Å². The van der Waals surface area contributed by atoms with Crippen LogP contribution in [0.15, 0.2) is 36.1 Å². The van der Waals surface area contributed by atoms with Crippen molar-refractivity contribution < 1.29 is 24.2 Å². The number of carbonyl (C=O) groups is 2. The van der Waals surface area contributed by atoms with E-state index in [1.807, 2.05) is 26.0 Å². The number of hydrogen-bond donors (Lipinski definition) is 2. The highest BCUT2D eigenvalue weighted by atomic mass is 32.1. The number of nitrogens with zero attached hydrogens (tertiary/aromatic N) is 1. The Morgan fingerprint density at radius 1 is 1.29 bits per heavy atom. The Morgan fingerprint density at radius 3 is 2.68 bits per heavy atom. The first-order valence-electron chi connectivity index (χ1n) is 8.66. The van der Waals surface area contributed by atoms with Crippen molar-refractivity contribution in [3.05, 3.63) is 57.2 Å². The van der Waals surface area contributed by atoms with E-state index in [0.717, 1.165) is 16.9 Å². The fourth-order valence-electron chi connectivity index (χ4n) is 2.77. The fraction of sp³-hybridized carbons (Fsp3) is 0.250. The lowest BCUT2D eigenvalue weighted by atomic mass is 10.2. The molecule has 0 radical (unpaired) electrons. The van der Waals surface area contributed by atoms with Gasteiger partial charge in [0.1, 0.15) is 28.6 Å². The highest BCUT2D eigenvalue weighted by Gasteiger charge is 2.23. The lowest BCUT2D eigenvalue weighted by molar-refractivity contribution is -0.133. The summed E-state index contributed by atoms with van der Waals surface area (Å²) in [6, 6.07) is 8.95. The summed E-state index contributed by atoms with van der Waals surface area (Å²) in [4.78, 5) is 33.3. The third-order valence-electron chi connectivity index (χ3n) is 4.19. The molecule has 0 aliphatic carbocycles. The Bertz CT molecular complexity index is 1030. The number of methoxy groups -OCH3 is 1. The number of imidazole rings is 1. The predicted octanol–water partition coefficient (Wildman–Crippen LogP) is 3.79. The number of para-hydroxylation sites is 2. The van der Waals surface area contributed by atoms with Gasteiger partial charge >= 0.3 is 11.9 Å². The quantitative estimate of drug-likeness (QED) is 0.371. The van der Waals surface area contributed by atoms with Crippen molar-refractivity contribution in [3.8, 4) is 0 Å². The predicted molar refractivity (Wildman–Crippen MR) is 106 cm³/mol. The van der Waals surface area contributed by atoms with Gasteiger partial charge in [-0.3, -0.25) is 0 Å². The number of aromatic amines is 1. The number of H-pyrrole nitrogens is 1. The molecule has 2 aromatic heterocycles. The number of hydrogen-bond acceptors (Lipinski definition) is 7. The summed E-state index contributed by atoms with van der Waals surface area (Å²) in [6.45, 7) is 3.47. The van der Waals surface area contributed by atoms with Crippen LogP contribution < -0.4 is 0 Å². The Kier molecular flexibility index (Phi) is 5.79. The molecule has 1 aromatic carbocycles. The van der Waals surface area contributed by atoms with Crippen molar-refractivity contribution in [2.75, 3.05) is 13.7 Å². The number of aliphatic hydroxyl groups excluding tert-OH is 1. The molecule has 2 N–H and O–H groups in total. The number of thiophene rings is 1. The molecular weight excluding hydrogens is 380 g/mol. The lowest BCUT2D eigenvalue weighted by Gasteiger charge is -2.07. The zero-order valence-corrected chi connectivity index (χ0v) is 16.6. The second-order valence-electron chi connectivity index (χ2n) is 6.06. The largest absolute Gasteiger partial charge is 0.508 e. The molecule has 0 saturated heterocycles. The molecule has 0 atom stereocenters. The molecule has 0 amide bonds. The fourth-order valence-corrected chi connectivity index (χ4v) is 3.78. The van der Waals surface area contributed by atoms with Crippen LogP contribution in [0.3, 0.4) is 0 Å². The van der Waals surface area contributed by atoms with Gasteiger partial charge in [-0.2, -0.15) is 0 Å². The van der Waals surface area contributed by atoms with E-state index in [-0.39, 0.29) is 11.4 Å². The van der Waals surface area contributed by atoms with Gasteiger partial charge in [0.2, 0.25) is 0 Å². The van der Waals surface area contributed by atoms with E-state index in [4.69, 9.17) is 9.47 Å². The number of aromatic nitrogens is 2. The highest BCUT2D eigenvalue weighted by molar-refractivity contribution is 7.14. The van der Waals surface area contributed by atoms with Crippen LogP contribution in [0.4, 0.5) is 0 Å². The molecule has 0 aliphatic rings. The zero-order chi connectivity index (χ0) is 20.3. The number of esters is 2. The molecule has 2 heterocycles. The van der Waals surface area contributed by atoms with Gasteiger partial charge in [0, 0.05) is 4.88 Å². The molecule has 0 bridgehead atoms. The summed E-state index contributed by atoms with van der Waals surface area (Å²) >= 11 is 1.36. The minimum absolute atomic E-state index is 0.141. The summed E-state index contributed by atoms with van der Waals surface area (Å²) in [7, 11) is 1.20. The van der Waals surface area contributed by atoms with E-state index in [2.05, 4.69) is 9.97 Å². The third-order valence-corrected chi connectivity index (χ3v) is 5.55. The lowest BCUT2D eigenvalue weighted by Crippen LogP contribution is -2.13. The van der Waals surface area contributed by atoms with Crippen LogP contribution in [0.2, 0.25) is 0 Å². The number of aliphatic hydroxyl groups is 1. The maximum atomic E-state index is 12.3. The number of fused-ring (bicyclic) bond motifs is 1. The Hall–Kier alpha value is -3.13. The van der Waals surface area contributed by atoms with E-state index in [1.54, 1.807) is 18.2 Å². The Morgan fingerprint density at radius 2 is 2.04 bits per heavy atom. The first kappa shape index (κ1) is 19.6. The third kappa shape index (κ3) is 3.91. The van der Waals surface area contributed by atoms with Gasteiger partial charge < -0.3 is 19.6 Å². The van der Waals surface area contributed by atoms with Gasteiger partial charge in [0.05, 0.1) is 18.1 Å². The first-order valence-corrected chi connectivity index (χ1v) is 9.48. The van der Waals surface area contributed by atoms with Gasteiger partial charge in [0.25, 0.3) is 0 Å². The monoisotopic (exact) mass is 400 g/mol. The second kappa shape index (κ2) is 8.26. The molecule has 146 valence electrons. The molecule has 3 aromatic rings. The van der Waals surface area contributed by atoms with Crippen LogP contribution in [0.25, 0.3) is 16.6 Å². The first-order chi connectivity index (χ1) is 13.4. The molecule has 8 heteroatoms. The molecule has 28 heavy (non-hydrogen) atoms. The van der Waals surface area contributed by atoms with Crippen molar-refractivity contribution in [2.45, 2.75) is 20.3 Å². The standard InChI is InChI=1S/C20H20N2O5S/c1-4-15-11(2)9-16(28-15)19(24)27-10-14(23)17(20(25)26-3)18-21-12-7-5-6-8-13(12)22-18/h5-9,23H,4,10H2,1-3H3,(H,21,22)/b17-14+. The van der Waals surface area contributed by atoms with Crippen molar-refractivity contribution in [3.63, 3.8) is 0 Å². The van der Waals surface area contributed by atoms with Crippen molar-refractivity contribution in [1.29, 1.82) is 0 Å². The van der Waals surface area contributed by atoms with Crippen LogP contribution in [0.1, 0.15) is 32.9 Å². The Balaban J connectivity index is 1.85. The number of benzene rings is 1. The maximum absolute atomic E-state index is 12.3. The number of carbonyl (C=O) groups excluding carboxylic acids is 2. The smallest absolute Gasteiger partial charge is 0.348 e. The van der Waals surface area contributed by atoms with Gasteiger partial charge in [-0.1, -0.05) is 19.1 Å². The molecule has 0 spiro atoms. The maximum Gasteiger partial charge on any atom is 0.348 e. The number of aryl methyl sites for hydroxylation is 2. The SMILES string of the molecule is CCc1sc(C(=O)OC/C(O)=C(\C(=O)OC)c2nc3ccccc3[nH]2)cc1C. The van der Waals surface area contributed by atoms with E-state index >= 15 is 0 Å². The number of nitrogens with one attached hydrogen (secondary N) is 1. The molecule has 0 fully saturated rings. The van der Waals surface area contributed by atoms with Crippen molar-refractivity contribution >= 4 is 39.9 Å². The zero-order valence-electron chi connectivity index (χ0n) is 15.7. The summed E-state index contributed by atoms with van der Waals surface area (Å²) < 4.78 is 9.94. The number of ether oxygens (including phenoxy) is 2. The van der Waals surface area contributed by atoms with Crippen molar-refractivity contribution in [1.82, 2.24) is 9.97 Å². The van der Waals surface area contributed by atoms with E-state index in [0.29, 0.717) is 15.9 Å². The molecular formula is C20H20N2O5S. The molecule has 3 rings (SSSR count). The average Bonchev–Trinajstić information content (AvgIpc) is 3.28. The van der Waals surface area contributed by atoms with Crippen LogP contribution in [-0.2, 0) is 20.7 Å². The minimum atomic E-state index is -0.784. The topological polar surface area (TPSA) is 102 Å².